The second-order valence-corrected chi connectivity index (χ2v) is 14.2. The van der Waals surface area contributed by atoms with Crippen molar-refractivity contribution < 1.29 is 48.0 Å². The van der Waals surface area contributed by atoms with Crippen molar-refractivity contribution in [3.05, 3.63) is 129 Å². The minimum absolute atomic E-state index is 0.0914. The zero-order valence-electron chi connectivity index (χ0n) is 21.8. The number of hydrogen-bond acceptors (Lipinski definition) is 5. The fraction of sp³-hybridized carbons (Fsp3) is 0.138. The van der Waals surface area contributed by atoms with Crippen LogP contribution in [0.4, 0.5) is 26.3 Å². The molecule has 0 aliphatic carbocycles. The Labute approximate surface area is 257 Å². The highest BCUT2D eigenvalue weighted by molar-refractivity contribution is 7.92. The molecule has 2 unspecified atom stereocenters. The van der Waals surface area contributed by atoms with Gasteiger partial charge in [0.1, 0.15) is 0 Å². The van der Waals surface area contributed by atoms with Crippen LogP contribution in [0.1, 0.15) is 34.1 Å². The van der Waals surface area contributed by atoms with E-state index in [1.165, 1.54) is 48.5 Å². The van der Waals surface area contributed by atoms with Crippen molar-refractivity contribution in [3.63, 3.8) is 0 Å². The summed E-state index contributed by atoms with van der Waals surface area (Å²) in [6, 6.07) is 18.8. The molecule has 0 radical (unpaired) electrons. The Bertz CT molecular complexity index is 1730. The van der Waals surface area contributed by atoms with Crippen molar-refractivity contribution in [2.45, 2.75) is 32.6 Å². The molecule has 44 heavy (non-hydrogen) atoms. The molecule has 0 fully saturated rings. The highest BCUT2D eigenvalue weighted by Gasteiger charge is 2.48. The Morgan fingerprint density at radius 2 is 0.705 bits per heavy atom. The van der Waals surface area contributed by atoms with Gasteiger partial charge in [0, 0.05) is 10.0 Å². The van der Waals surface area contributed by atoms with Crippen molar-refractivity contribution in [2.24, 2.45) is 0 Å². The zero-order chi connectivity index (χ0) is 32.7. The van der Waals surface area contributed by atoms with Gasteiger partial charge in [-0.3, -0.25) is 4.79 Å². The molecule has 4 aromatic rings. The van der Waals surface area contributed by atoms with Gasteiger partial charge in [-0.2, -0.15) is 26.3 Å². The molecule has 2 atom stereocenters. The van der Waals surface area contributed by atoms with E-state index in [0.717, 1.165) is 24.3 Å². The van der Waals surface area contributed by atoms with E-state index in [4.69, 9.17) is 23.2 Å². The van der Waals surface area contributed by atoms with E-state index >= 15 is 0 Å². The molecular weight excluding hydrogens is 677 g/mol. The van der Waals surface area contributed by atoms with Crippen molar-refractivity contribution >= 4 is 48.7 Å². The number of halogens is 8. The van der Waals surface area contributed by atoms with Gasteiger partial charge in [0.2, 0.25) is 0 Å². The van der Waals surface area contributed by atoms with Gasteiger partial charge in [-0.15, -0.1) is 0 Å². The second-order valence-electron chi connectivity index (χ2n) is 9.41. The number of carbonyl (C=O) groups excluding carboxylic acids is 1. The molecule has 0 bridgehead atoms. The van der Waals surface area contributed by atoms with Gasteiger partial charge in [0.15, 0.2) is 5.78 Å². The van der Waals surface area contributed by atoms with E-state index < -0.39 is 58.1 Å². The molecule has 4 rings (SSSR count). The van der Waals surface area contributed by atoms with Crippen molar-refractivity contribution in [2.75, 3.05) is 0 Å². The van der Waals surface area contributed by atoms with Crippen LogP contribution < -0.4 is 0 Å². The lowest BCUT2D eigenvalue weighted by atomic mass is 9.77. The SMILES string of the molecule is O=C(C(c1ccc(Cl)cc1)c1ccc(S(=O)(=O)C(F)(F)F)cc1)C(c1ccc(Cl)cc1)c1ccc(S(=O)(=O)C(F)(F)F)cc1. The highest BCUT2D eigenvalue weighted by Crippen LogP contribution is 2.39. The lowest BCUT2D eigenvalue weighted by Crippen LogP contribution is -2.25. The van der Waals surface area contributed by atoms with Gasteiger partial charge >= 0.3 is 11.0 Å². The van der Waals surface area contributed by atoms with Gasteiger partial charge in [-0.1, -0.05) is 71.7 Å². The Kier molecular flexibility index (Phi) is 9.28. The van der Waals surface area contributed by atoms with E-state index in [1.807, 2.05) is 0 Å². The normalized spacial score (nSPS) is 14.2. The molecule has 5 nitrogen and oxygen atoms in total. The number of rotatable bonds is 8. The van der Waals surface area contributed by atoms with Crippen molar-refractivity contribution in [1.82, 2.24) is 0 Å². The summed E-state index contributed by atoms with van der Waals surface area (Å²) in [5, 5.41) is 0.588. The third-order valence-corrected chi connectivity index (χ3v) is 10.1. The fourth-order valence-corrected chi connectivity index (χ4v) is 6.24. The summed E-state index contributed by atoms with van der Waals surface area (Å²) < 4.78 is 126. The maximum absolute atomic E-state index is 14.4. The average Bonchev–Trinajstić information content (AvgIpc) is 2.95. The maximum Gasteiger partial charge on any atom is 0.501 e. The number of ketones is 1. The minimum atomic E-state index is -5.69. The van der Waals surface area contributed by atoms with Gasteiger partial charge in [0.25, 0.3) is 19.7 Å². The average molecular weight is 695 g/mol. The lowest BCUT2D eigenvalue weighted by molar-refractivity contribution is -0.120. The van der Waals surface area contributed by atoms with Crippen LogP contribution in [-0.4, -0.2) is 33.6 Å². The fourth-order valence-electron chi connectivity index (χ4n) is 4.47. The van der Waals surface area contributed by atoms with Crippen LogP contribution in [0, 0.1) is 0 Å². The van der Waals surface area contributed by atoms with E-state index in [2.05, 4.69) is 0 Å². The quantitative estimate of drug-likeness (QED) is 0.174. The van der Waals surface area contributed by atoms with Crippen LogP contribution in [0.15, 0.2) is 107 Å². The van der Waals surface area contributed by atoms with Gasteiger partial charge in [0.05, 0.1) is 21.6 Å². The summed E-state index contributed by atoms with van der Waals surface area (Å²) in [4.78, 5) is 12.3. The number of hydrogen-bond donors (Lipinski definition) is 0. The van der Waals surface area contributed by atoms with Crippen LogP contribution in [0.2, 0.25) is 10.0 Å². The molecule has 4 aromatic carbocycles. The van der Waals surface area contributed by atoms with Gasteiger partial charge < -0.3 is 0 Å². The van der Waals surface area contributed by atoms with Crippen LogP contribution >= 0.6 is 23.2 Å². The lowest BCUT2D eigenvalue weighted by Gasteiger charge is -2.25. The third kappa shape index (κ3) is 6.65. The second kappa shape index (κ2) is 12.2. The molecule has 0 aromatic heterocycles. The van der Waals surface area contributed by atoms with Crippen LogP contribution in [0.3, 0.4) is 0 Å². The predicted molar refractivity (Wildman–Crippen MR) is 151 cm³/mol. The Balaban J connectivity index is 1.88. The largest absolute Gasteiger partial charge is 0.501 e. The van der Waals surface area contributed by atoms with Crippen LogP contribution in [0.25, 0.3) is 0 Å². The number of benzene rings is 4. The summed E-state index contributed by atoms with van der Waals surface area (Å²) in [5.41, 5.74) is -10.3. The molecule has 15 heteroatoms. The highest BCUT2D eigenvalue weighted by atomic mass is 35.5. The summed E-state index contributed by atoms with van der Waals surface area (Å²) >= 11 is 12.0. The smallest absolute Gasteiger partial charge is 0.298 e. The van der Waals surface area contributed by atoms with E-state index in [0.29, 0.717) is 45.4 Å². The first-order chi connectivity index (χ1) is 20.3. The molecule has 0 amide bonds. The molecule has 0 heterocycles. The Morgan fingerprint density at radius 1 is 0.477 bits per heavy atom. The third-order valence-electron chi connectivity index (χ3n) is 6.63. The van der Waals surface area contributed by atoms with E-state index in [9.17, 15) is 48.0 Å². The number of carbonyl (C=O) groups is 1. The topological polar surface area (TPSA) is 85.3 Å². The molecule has 232 valence electrons. The first kappa shape index (κ1) is 33.5. The molecule has 0 aliphatic heterocycles. The van der Waals surface area contributed by atoms with E-state index in [-0.39, 0.29) is 11.1 Å². The summed E-state index contributed by atoms with van der Waals surface area (Å²) in [6.45, 7) is 0. The van der Waals surface area contributed by atoms with Crippen LogP contribution in [-0.2, 0) is 24.5 Å². The summed E-state index contributed by atoms with van der Waals surface area (Å²) in [7, 11) is -11.4. The maximum atomic E-state index is 14.4. The van der Waals surface area contributed by atoms with Gasteiger partial charge in [-0.25, -0.2) is 16.8 Å². The summed E-state index contributed by atoms with van der Waals surface area (Å²) in [6.07, 6.45) is 0. The molecule has 0 saturated heterocycles. The summed E-state index contributed by atoms with van der Waals surface area (Å²) in [5.74, 6) is -3.14. The first-order valence-electron chi connectivity index (χ1n) is 12.2. The Hall–Kier alpha value is -3.39. The monoisotopic (exact) mass is 694 g/mol. The number of sulfone groups is 2. The molecular formula is C29H18Cl2F6O5S2. The molecule has 0 N–H and O–H groups in total. The number of alkyl halides is 6. The van der Waals surface area contributed by atoms with Crippen molar-refractivity contribution in [3.8, 4) is 0 Å². The van der Waals surface area contributed by atoms with Gasteiger partial charge in [-0.05, 0) is 70.8 Å². The minimum Gasteiger partial charge on any atom is -0.298 e. The molecule has 0 spiro atoms. The van der Waals surface area contributed by atoms with E-state index in [1.54, 1.807) is 0 Å². The first-order valence-corrected chi connectivity index (χ1v) is 15.9. The Morgan fingerprint density at radius 3 is 0.932 bits per heavy atom. The molecule has 0 saturated carbocycles. The van der Waals surface area contributed by atoms with Crippen LogP contribution in [0.5, 0.6) is 0 Å². The predicted octanol–water partition coefficient (Wildman–Crippen LogP) is 8.11. The molecule has 0 aliphatic rings. The zero-order valence-corrected chi connectivity index (χ0v) is 24.9. The standard InChI is InChI=1S/C29H18Cl2F6O5S2/c30-21-9-1-17(2-10-21)25(19-5-13-23(14-6-19)43(39,40)28(32,33)34)27(38)26(18-3-11-22(31)12-4-18)20-7-15-24(16-8-20)44(41,42)29(35,36)37/h1-16,25-26H. The number of Topliss-reactive ketones (excluding diaryl/α,β-unsaturated/α-hetero) is 1. The van der Waals surface area contributed by atoms with Crippen molar-refractivity contribution in [1.29, 1.82) is 0 Å².